The van der Waals surface area contributed by atoms with Crippen molar-refractivity contribution in [1.29, 1.82) is 0 Å². The number of benzene rings is 1. The second kappa shape index (κ2) is 4.89. The van der Waals surface area contributed by atoms with Crippen molar-refractivity contribution >= 4 is 22.8 Å². The third kappa shape index (κ3) is 2.17. The molecule has 2 aromatic heterocycles. The van der Waals surface area contributed by atoms with Crippen LogP contribution in [0.3, 0.4) is 0 Å². The van der Waals surface area contributed by atoms with Crippen molar-refractivity contribution in [1.82, 2.24) is 19.1 Å². The molecule has 0 aliphatic rings. The molecule has 0 radical (unpaired) electrons. The van der Waals surface area contributed by atoms with Crippen LogP contribution in [-0.4, -0.2) is 19.1 Å². The molecule has 0 bridgehead atoms. The number of aromatic nitrogens is 4. The molecule has 0 amide bonds. The number of aromatic amines is 1. The first-order valence-electron chi connectivity index (χ1n) is 6.37. The van der Waals surface area contributed by atoms with Crippen molar-refractivity contribution in [2.45, 2.75) is 6.42 Å². The van der Waals surface area contributed by atoms with Gasteiger partial charge in [-0.15, -0.1) is 0 Å². The number of rotatable bonds is 2. The summed E-state index contributed by atoms with van der Waals surface area (Å²) in [4.78, 5) is 31.3. The van der Waals surface area contributed by atoms with E-state index in [0.717, 1.165) is 10.1 Å². The molecule has 108 valence electrons. The number of nitrogens with one attached hydrogen (secondary N) is 1. The van der Waals surface area contributed by atoms with Crippen molar-refractivity contribution in [2.75, 3.05) is 0 Å². The standard InChI is InChI=1S/C14H13ClN4O2/c1-18-12-11(13(20)19(2)14(18)21)16-10(17-12)7-8-5-3-4-6-9(8)15/h3-6H,7H2,1-2H3,(H,16,17). The zero-order chi connectivity index (χ0) is 15.1. The summed E-state index contributed by atoms with van der Waals surface area (Å²) < 4.78 is 2.41. The molecule has 0 saturated carbocycles. The summed E-state index contributed by atoms with van der Waals surface area (Å²) in [6.07, 6.45) is 0.464. The fourth-order valence-corrected chi connectivity index (χ4v) is 2.48. The average Bonchev–Trinajstić information content (AvgIpc) is 2.89. The van der Waals surface area contributed by atoms with Crippen molar-refractivity contribution in [3.63, 3.8) is 0 Å². The Morgan fingerprint density at radius 2 is 1.90 bits per heavy atom. The number of nitrogens with zero attached hydrogens (tertiary/aromatic N) is 3. The van der Waals surface area contributed by atoms with E-state index in [9.17, 15) is 9.59 Å². The van der Waals surface area contributed by atoms with Gasteiger partial charge >= 0.3 is 5.69 Å². The number of hydrogen-bond acceptors (Lipinski definition) is 3. The minimum absolute atomic E-state index is 0.321. The largest absolute Gasteiger partial charge is 0.336 e. The van der Waals surface area contributed by atoms with E-state index in [-0.39, 0.29) is 5.56 Å². The Balaban J connectivity index is 2.17. The zero-order valence-corrected chi connectivity index (χ0v) is 12.3. The molecule has 0 aliphatic heterocycles. The predicted octanol–water partition coefficient (Wildman–Crippen LogP) is 1.20. The van der Waals surface area contributed by atoms with Gasteiger partial charge in [0.2, 0.25) is 0 Å². The van der Waals surface area contributed by atoms with Crippen LogP contribution in [0.25, 0.3) is 11.2 Å². The summed E-state index contributed by atoms with van der Waals surface area (Å²) in [5.41, 5.74) is 0.793. The number of fused-ring (bicyclic) bond motifs is 1. The van der Waals surface area contributed by atoms with E-state index < -0.39 is 5.69 Å². The van der Waals surface area contributed by atoms with Gasteiger partial charge in [-0.25, -0.2) is 9.78 Å². The molecule has 0 aliphatic carbocycles. The van der Waals surface area contributed by atoms with Crippen LogP contribution in [-0.2, 0) is 20.5 Å². The Hall–Kier alpha value is -2.34. The van der Waals surface area contributed by atoms with Gasteiger partial charge in [-0.2, -0.15) is 0 Å². The molecular formula is C14H13ClN4O2. The summed E-state index contributed by atoms with van der Waals surface area (Å²) in [5, 5.41) is 0.639. The van der Waals surface area contributed by atoms with E-state index >= 15 is 0 Å². The molecule has 3 aromatic rings. The van der Waals surface area contributed by atoms with E-state index in [4.69, 9.17) is 11.6 Å². The van der Waals surface area contributed by atoms with Crippen LogP contribution in [0.15, 0.2) is 33.9 Å². The molecule has 7 heteroatoms. The molecule has 0 fully saturated rings. The normalized spacial score (nSPS) is 11.2. The Bertz CT molecular complexity index is 952. The van der Waals surface area contributed by atoms with Gasteiger partial charge in [-0.05, 0) is 11.6 Å². The molecule has 6 nitrogen and oxygen atoms in total. The Morgan fingerprint density at radius 1 is 1.19 bits per heavy atom. The quantitative estimate of drug-likeness (QED) is 0.773. The summed E-state index contributed by atoms with van der Waals surface area (Å²) in [5.74, 6) is 0.594. The first-order chi connectivity index (χ1) is 9.99. The lowest BCUT2D eigenvalue weighted by Crippen LogP contribution is -2.36. The smallest absolute Gasteiger partial charge is 0.332 e. The number of H-pyrrole nitrogens is 1. The third-order valence-electron chi connectivity index (χ3n) is 3.46. The molecule has 0 saturated heterocycles. The second-order valence-electron chi connectivity index (χ2n) is 4.86. The van der Waals surface area contributed by atoms with Crippen LogP contribution < -0.4 is 11.2 Å². The van der Waals surface area contributed by atoms with Crippen LogP contribution >= 0.6 is 11.6 Å². The van der Waals surface area contributed by atoms with Crippen molar-refractivity contribution < 1.29 is 0 Å². The minimum atomic E-state index is -0.400. The van der Waals surface area contributed by atoms with Gasteiger partial charge in [0.05, 0.1) is 0 Å². The summed E-state index contributed by atoms with van der Waals surface area (Å²) in [6, 6.07) is 7.43. The highest BCUT2D eigenvalue weighted by molar-refractivity contribution is 6.31. The van der Waals surface area contributed by atoms with Crippen LogP contribution in [0.1, 0.15) is 11.4 Å². The topological polar surface area (TPSA) is 72.7 Å². The highest BCUT2D eigenvalue weighted by atomic mass is 35.5. The average molecular weight is 305 g/mol. The molecule has 2 heterocycles. The molecule has 3 rings (SSSR count). The van der Waals surface area contributed by atoms with Gasteiger partial charge in [0, 0.05) is 25.5 Å². The minimum Gasteiger partial charge on any atom is -0.336 e. The fourth-order valence-electron chi connectivity index (χ4n) is 2.28. The third-order valence-corrected chi connectivity index (χ3v) is 3.83. The predicted molar refractivity (Wildman–Crippen MR) is 80.8 cm³/mol. The molecule has 0 unspecified atom stereocenters. The van der Waals surface area contributed by atoms with Crippen LogP contribution in [0.4, 0.5) is 0 Å². The Labute approximate surface area is 124 Å². The zero-order valence-electron chi connectivity index (χ0n) is 11.6. The first kappa shape index (κ1) is 13.6. The lowest BCUT2D eigenvalue weighted by Gasteiger charge is -2.00. The number of imidazole rings is 1. The number of halogens is 1. The molecule has 0 atom stereocenters. The van der Waals surface area contributed by atoms with Crippen molar-refractivity contribution in [3.8, 4) is 0 Å². The van der Waals surface area contributed by atoms with Gasteiger partial charge in [0.25, 0.3) is 5.56 Å². The maximum absolute atomic E-state index is 12.1. The van der Waals surface area contributed by atoms with Gasteiger partial charge in [0.15, 0.2) is 5.65 Å². The summed E-state index contributed by atoms with van der Waals surface area (Å²) >= 11 is 6.12. The highest BCUT2D eigenvalue weighted by Gasteiger charge is 2.14. The molecule has 21 heavy (non-hydrogen) atoms. The van der Waals surface area contributed by atoms with E-state index in [1.54, 1.807) is 13.1 Å². The summed E-state index contributed by atoms with van der Waals surface area (Å²) in [6.45, 7) is 0. The maximum Gasteiger partial charge on any atom is 0.332 e. The van der Waals surface area contributed by atoms with E-state index in [1.165, 1.54) is 11.6 Å². The van der Waals surface area contributed by atoms with E-state index in [1.807, 2.05) is 18.2 Å². The SMILES string of the molecule is Cn1c(=O)c2[nH]c(Cc3ccccc3Cl)nc2n(C)c1=O. The van der Waals surface area contributed by atoms with E-state index in [2.05, 4.69) is 9.97 Å². The van der Waals surface area contributed by atoms with E-state index in [0.29, 0.717) is 28.4 Å². The lowest BCUT2D eigenvalue weighted by atomic mass is 10.1. The maximum atomic E-state index is 12.1. The molecule has 0 spiro atoms. The van der Waals surface area contributed by atoms with Crippen LogP contribution in [0.5, 0.6) is 0 Å². The number of hydrogen-bond donors (Lipinski definition) is 1. The first-order valence-corrected chi connectivity index (χ1v) is 6.75. The monoisotopic (exact) mass is 304 g/mol. The van der Waals surface area contributed by atoms with Gasteiger partial charge in [0.1, 0.15) is 11.3 Å². The second-order valence-corrected chi connectivity index (χ2v) is 5.26. The highest BCUT2D eigenvalue weighted by Crippen LogP contribution is 2.18. The van der Waals surface area contributed by atoms with Crippen molar-refractivity contribution in [3.05, 3.63) is 61.5 Å². The lowest BCUT2D eigenvalue weighted by molar-refractivity contribution is 0.708. The molecular weight excluding hydrogens is 292 g/mol. The Morgan fingerprint density at radius 3 is 2.62 bits per heavy atom. The van der Waals surface area contributed by atoms with Gasteiger partial charge in [-0.1, -0.05) is 29.8 Å². The fraction of sp³-hybridized carbons (Fsp3) is 0.214. The van der Waals surface area contributed by atoms with Gasteiger partial charge < -0.3 is 4.98 Å². The van der Waals surface area contributed by atoms with Crippen molar-refractivity contribution in [2.24, 2.45) is 14.1 Å². The molecule has 1 aromatic carbocycles. The van der Waals surface area contributed by atoms with Crippen LogP contribution in [0, 0.1) is 0 Å². The van der Waals surface area contributed by atoms with Crippen LogP contribution in [0.2, 0.25) is 5.02 Å². The van der Waals surface area contributed by atoms with Gasteiger partial charge in [-0.3, -0.25) is 13.9 Å². The molecule has 1 N–H and O–H groups in total. The summed E-state index contributed by atoms with van der Waals surface area (Å²) in [7, 11) is 3.03. The Kier molecular flexibility index (Phi) is 3.17. The number of aryl methyl sites for hydroxylation is 1.